The molecule has 11 nitrogen and oxygen atoms in total. The van der Waals surface area contributed by atoms with E-state index in [1.165, 1.54) is 6.07 Å². The number of nitrogens with one attached hydrogen (secondary N) is 2. The molecule has 2 N–H and O–H groups in total. The number of hydrazone groups is 1. The molecule has 0 unspecified atom stereocenters. The highest BCUT2D eigenvalue weighted by Crippen LogP contribution is 2.29. The van der Waals surface area contributed by atoms with Crippen molar-refractivity contribution < 1.29 is 19.4 Å². The summed E-state index contributed by atoms with van der Waals surface area (Å²) in [5.74, 6) is -0.363. The molecule has 0 spiro atoms. The van der Waals surface area contributed by atoms with Crippen LogP contribution in [0.4, 0.5) is 17.1 Å². The van der Waals surface area contributed by atoms with Crippen LogP contribution in [0.25, 0.3) is 0 Å². The molecule has 0 radical (unpaired) electrons. The molecule has 198 valence electrons. The van der Waals surface area contributed by atoms with Crippen molar-refractivity contribution in [2.45, 2.75) is 64.7 Å². The second kappa shape index (κ2) is 15.8. The second-order valence-electron chi connectivity index (χ2n) is 8.62. The Morgan fingerprint density at radius 3 is 2.35 bits per heavy atom. The first-order valence-electron chi connectivity index (χ1n) is 12.4. The number of carbonyl (C=O) groups is 2. The Hall–Kier alpha value is -4.15. The van der Waals surface area contributed by atoms with Gasteiger partial charge in [-0.05, 0) is 30.9 Å². The number of benzene rings is 2. The van der Waals surface area contributed by atoms with Gasteiger partial charge in [0.25, 0.3) is 5.69 Å². The van der Waals surface area contributed by atoms with Gasteiger partial charge in [0, 0.05) is 37.6 Å². The first-order chi connectivity index (χ1) is 17.8. The maximum atomic E-state index is 12.6. The lowest BCUT2D eigenvalue weighted by molar-refractivity contribution is -0.393. The summed E-state index contributed by atoms with van der Waals surface area (Å²) in [7, 11) is 0. The van der Waals surface area contributed by atoms with E-state index in [1.807, 2.05) is 30.3 Å². The van der Waals surface area contributed by atoms with E-state index in [2.05, 4.69) is 22.8 Å². The maximum absolute atomic E-state index is 12.6. The van der Waals surface area contributed by atoms with Crippen molar-refractivity contribution in [1.29, 1.82) is 0 Å². The molecule has 0 aliphatic rings. The molecule has 2 rings (SSSR count). The average Bonchev–Trinajstić information content (AvgIpc) is 2.88. The number of rotatable bonds is 17. The zero-order valence-corrected chi connectivity index (χ0v) is 21.0. The SMILES string of the molecule is CCCCCC/C(CC(=O)CCC(=O)NCCc1ccccc1)=N/Nc1ccc([N+](=O)[O-])cc1[N+](=O)[O-]. The molecule has 2 aromatic carbocycles. The lowest BCUT2D eigenvalue weighted by atomic mass is 10.0. The molecule has 11 heteroatoms. The van der Waals surface area contributed by atoms with Crippen LogP contribution in [0.1, 0.15) is 63.9 Å². The van der Waals surface area contributed by atoms with E-state index in [0.717, 1.165) is 43.4 Å². The molecule has 0 fully saturated rings. The molecule has 2 aromatic rings. The first-order valence-corrected chi connectivity index (χ1v) is 12.4. The zero-order chi connectivity index (χ0) is 27.0. The fourth-order valence-electron chi connectivity index (χ4n) is 3.61. The summed E-state index contributed by atoms with van der Waals surface area (Å²) in [6.45, 7) is 2.57. The van der Waals surface area contributed by atoms with Gasteiger partial charge in [-0.15, -0.1) is 0 Å². The Balaban J connectivity index is 1.95. The van der Waals surface area contributed by atoms with Crippen LogP contribution in [0.5, 0.6) is 0 Å². The number of nitro benzene ring substituents is 2. The van der Waals surface area contributed by atoms with Crippen LogP contribution in [0.3, 0.4) is 0 Å². The third kappa shape index (κ3) is 11.0. The summed E-state index contributed by atoms with van der Waals surface area (Å²) in [6, 6.07) is 13.0. The van der Waals surface area contributed by atoms with Crippen LogP contribution in [0, 0.1) is 20.2 Å². The fraction of sp³-hybridized carbons (Fsp3) is 0.423. The monoisotopic (exact) mass is 511 g/mol. The van der Waals surface area contributed by atoms with Crippen LogP contribution in [0.2, 0.25) is 0 Å². The van der Waals surface area contributed by atoms with Gasteiger partial charge in [0.15, 0.2) is 0 Å². The molecule has 0 atom stereocenters. The van der Waals surface area contributed by atoms with Gasteiger partial charge in [-0.2, -0.15) is 5.10 Å². The van der Waals surface area contributed by atoms with E-state index in [4.69, 9.17) is 0 Å². The van der Waals surface area contributed by atoms with Crippen molar-refractivity contribution in [1.82, 2.24) is 5.32 Å². The Kier molecular flexibility index (Phi) is 12.4. The average molecular weight is 512 g/mol. The molecule has 0 saturated heterocycles. The number of hydrogen-bond acceptors (Lipinski definition) is 8. The molecule has 1 amide bonds. The van der Waals surface area contributed by atoms with Crippen molar-refractivity contribution in [3.8, 4) is 0 Å². The molecule has 0 aliphatic heterocycles. The van der Waals surface area contributed by atoms with Gasteiger partial charge < -0.3 is 5.32 Å². The number of Topliss-reactive ketones (excluding diaryl/α,β-unsaturated/α-hetero) is 1. The van der Waals surface area contributed by atoms with Gasteiger partial charge in [0.05, 0.1) is 15.9 Å². The van der Waals surface area contributed by atoms with Gasteiger partial charge in [0.1, 0.15) is 11.5 Å². The second-order valence-corrected chi connectivity index (χ2v) is 8.62. The van der Waals surface area contributed by atoms with E-state index in [0.29, 0.717) is 25.1 Å². The molecule has 0 aliphatic carbocycles. The topological polar surface area (TPSA) is 157 Å². The van der Waals surface area contributed by atoms with Crippen molar-refractivity contribution in [2.75, 3.05) is 12.0 Å². The summed E-state index contributed by atoms with van der Waals surface area (Å²) in [5.41, 5.74) is 3.34. The quantitative estimate of drug-likeness (QED) is 0.126. The van der Waals surface area contributed by atoms with Crippen molar-refractivity contribution in [3.05, 3.63) is 74.3 Å². The Labute approximate surface area is 215 Å². The lowest BCUT2D eigenvalue weighted by Crippen LogP contribution is -2.26. The number of amides is 1. The Bertz CT molecular complexity index is 1100. The highest BCUT2D eigenvalue weighted by atomic mass is 16.6. The zero-order valence-electron chi connectivity index (χ0n) is 21.0. The molecule has 0 saturated carbocycles. The summed E-state index contributed by atoms with van der Waals surface area (Å²) >= 11 is 0. The molecular weight excluding hydrogens is 478 g/mol. The van der Waals surface area contributed by atoms with Crippen molar-refractivity contribution in [3.63, 3.8) is 0 Å². The first kappa shape index (κ1) is 29.1. The number of nitrogens with zero attached hydrogens (tertiary/aromatic N) is 3. The van der Waals surface area contributed by atoms with Gasteiger partial charge >= 0.3 is 5.69 Å². The van der Waals surface area contributed by atoms with E-state index < -0.39 is 21.2 Å². The van der Waals surface area contributed by atoms with Crippen LogP contribution < -0.4 is 10.7 Å². The summed E-state index contributed by atoms with van der Waals surface area (Å²) in [4.78, 5) is 45.6. The summed E-state index contributed by atoms with van der Waals surface area (Å²) in [6.07, 6.45) is 5.18. The fourth-order valence-corrected chi connectivity index (χ4v) is 3.61. The number of non-ortho nitro benzene ring substituents is 1. The predicted octanol–water partition coefficient (Wildman–Crippen LogP) is 5.34. The normalized spacial score (nSPS) is 11.1. The largest absolute Gasteiger partial charge is 0.356 e. The van der Waals surface area contributed by atoms with Gasteiger partial charge in [-0.1, -0.05) is 56.5 Å². The minimum absolute atomic E-state index is 0.00750. The molecular formula is C26H33N5O6. The van der Waals surface area contributed by atoms with E-state index in [1.54, 1.807) is 0 Å². The van der Waals surface area contributed by atoms with Crippen molar-refractivity contribution in [2.24, 2.45) is 5.10 Å². The minimum Gasteiger partial charge on any atom is -0.356 e. The number of hydrogen-bond donors (Lipinski definition) is 2. The third-order valence-corrected chi connectivity index (χ3v) is 5.65. The number of nitro groups is 2. The molecule has 0 aromatic heterocycles. The standard InChI is InChI=1S/C26H33N5O6/c1-2-3-4-8-11-21(28-29-24-14-12-22(30(34)35)19-25(24)31(36)37)18-23(32)13-15-26(33)27-17-16-20-9-6-5-7-10-20/h5-7,9-10,12,14,19,29H,2-4,8,11,13,15-18H2,1H3,(H,27,33)/b28-21-. The number of carbonyl (C=O) groups excluding carboxylic acids is 2. The van der Waals surface area contributed by atoms with Crippen LogP contribution >= 0.6 is 0 Å². The number of anilines is 1. The van der Waals surface area contributed by atoms with Crippen LogP contribution in [-0.4, -0.2) is 33.8 Å². The van der Waals surface area contributed by atoms with Crippen LogP contribution in [0.15, 0.2) is 53.6 Å². The molecule has 0 heterocycles. The van der Waals surface area contributed by atoms with Crippen LogP contribution in [-0.2, 0) is 16.0 Å². The van der Waals surface area contributed by atoms with Gasteiger partial charge in [-0.3, -0.25) is 35.2 Å². The van der Waals surface area contributed by atoms with Gasteiger partial charge in [-0.25, -0.2) is 0 Å². The van der Waals surface area contributed by atoms with E-state index >= 15 is 0 Å². The van der Waals surface area contributed by atoms with E-state index in [9.17, 15) is 29.8 Å². The highest BCUT2D eigenvalue weighted by molar-refractivity contribution is 6.03. The minimum atomic E-state index is -0.729. The van der Waals surface area contributed by atoms with Gasteiger partial charge in [0.2, 0.25) is 5.91 Å². The smallest absolute Gasteiger partial charge is 0.301 e. The number of unbranched alkanes of at least 4 members (excludes halogenated alkanes) is 3. The molecule has 0 bridgehead atoms. The third-order valence-electron chi connectivity index (χ3n) is 5.65. The summed E-state index contributed by atoms with van der Waals surface area (Å²) in [5, 5.41) is 29.4. The van der Waals surface area contributed by atoms with E-state index in [-0.39, 0.29) is 36.6 Å². The maximum Gasteiger partial charge on any atom is 0.301 e. The summed E-state index contributed by atoms with van der Waals surface area (Å²) < 4.78 is 0. The predicted molar refractivity (Wildman–Crippen MR) is 142 cm³/mol. The Morgan fingerprint density at radius 2 is 1.68 bits per heavy atom. The van der Waals surface area contributed by atoms with Crippen molar-refractivity contribution >= 4 is 34.5 Å². The number of ketones is 1. The highest BCUT2D eigenvalue weighted by Gasteiger charge is 2.19. The molecule has 37 heavy (non-hydrogen) atoms. The Morgan fingerprint density at radius 1 is 0.919 bits per heavy atom. The lowest BCUT2D eigenvalue weighted by Gasteiger charge is -2.09.